The number of aromatic nitrogens is 3. The molecule has 1 aromatic carbocycles. The first-order valence-corrected chi connectivity index (χ1v) is 11.7. The molecule has 0 spiro atoms. The molecule has 0 bridgehead atoms. The van der Waals surface area contributed by atoms with E-state index in [1.54, 1.807) is 23.9 Å². The molecule has 4 rings (SSSR count). The first-order valence-electron chi connectivity index (χ1n) is 10.5. The first-order chi connectivity index (χ1) is 14.5. The normalized spacial score (nSPS) is 18.8. The lowest BCUT2D eigenvalue weighted by Crippen LogP contribution is -2.52. The second kappa shape index (κ2) is 9.34. The number of nitrogens with zero attached hydrogens (tertiary/aromatic N) is 6. The first kappa shape index (κ1) is 21.1. The van der Waals surface area contributed by atoms with Crippen molar-refractivity contribution < 1.29 is 9.18 Å². The maximum Gasteiger partial charge on any atom is 0.236 e. The van der Waals surface area contributed by atoms with E-state index in [9.17, 15) is 9.18 Å². The van der Waals surface area contributed by atoms with Gasteiger partial charge in [-0.25, -0.2) is 4.39 Å². The Kier molecular flexibility index (Phi) is 6.58. The zero-order valence-electron chi connectivity index (χ0n) is 17.6. The Morgan fingerprint density at radius 3 is 2.33 bits per heavy atom. The molecule has 2 aliphatic rings. The third kappa shape index (κ3) is 4.62. The predicted molar refractivity (Wildman–Crippen MR) is 116 cm³/mol. The van der Waals surface area contributed by atoms with E-state index in [0.29, 0.717) is 25.6 Å². The Bertz CT molecular complexity index is 857. The fourth-order valence-electron chi connectivity index (χ4n) is 4.37. The standard InChI is InChI=1S/C21H29FN6OS/c1-25-20(23-24-21(25)30-2)16-7-9-26(10-8-16)15-19(29)28-13-11-27(12-14-28)18-5-3-17(22)4-6-18/h3-6,16H,7-15H2,1-2H3. The van der Waals surface area contributed by atoms with Crippen LogP contribution in [0.1, 0.15) is 24.6 Å². The van der Waals surface area contributed by atoms with Gasteiger partial charge in [-0.05, 0) is 56.5 Å². The van der Waals surface area contributed by atoms with Gasteiger partial charge in [0.15, 0.2) is 5.16 Å². The Hall–Kier alpha value is -2.13. The van der Waals surface area contributed by atoms with Crippen LogP contribution in [0.4, 0.5) is 10.1 Å². The fraction of sp³-hybridized carbons (Fsp3) is 0.571. The number of thioether (sulfide) groups is 1. The number of hydrogen-bond donors (Lipinski definition) is 0. The van der Waals surface area contributed by atoms with Crippen molar-refractivity contribution >= 4 is 23.4 Å². The summed E-state index contributed by atoms with van der Waals surface area (Å²) in [5, 5.41) is 9.58. The van der Waals surface area contributed by atoms with Gasteiger partial charge in [0.05, 0.1) is 6.54 Å². The lowest BCUT2D eigenvalue weighted by molar-refractivity contribution is -0.133. The van der Waals surface area contributed by atoms with Crippen molar-refractivity contribution in [2.45, 2.75) is 23.9 Å². The van der Waals surface area contributed by atoms with E-state index >= 15 is 0 Å². The van der Waals surface area contributed by atoms with E-state index < -0.39 is 0 Å². The molecule has 7 nitrogen and oxygen atoms in total. The number of piperazine rings is 1. The molecule has 0 saturated carbocycles. The molecular formula is C21H29FN6OS. The summed E-state index contributed by atoms with van der Waals surface area (Å²) in [7, 11) is 2.03. The van der Waals surface area contributed by atoms with Gasteiger partial charge < -0.3 is 14.4 Å². The summed E-state index contributed by atoms with van der Waals surface area (Å²) < 4.78 is 15.2. The zero-order valence-corrected chi connectivity index (χ0v) is 18.4. The molecule has 0 atom stereocenters. The average Bonchev–Trinajstić information content (AvgIpc) is 3.15. The second-order valence-electron chi connectivity index (χ2n) is 8.00. The zero-order chi connectivity index (χ0) is 21.1. The molecule has 30 heavy (non-hydrogen) atoms. The largest absolute Gasteiger partial charge is 0.368 e. The number of rotatable bonds is 5. The molecule has 2 aliphatic heterocycles. The average molecular weight is 433 g/mol. The lowest BCUT2D eigenvalue weighted by Gasteiger charge is -2.38. The fourth-order valence-corrected chi connectivity index (χ4v) is 4.86. The van der Waals surface area contributed by atoms with Gasteiger partial charge >= 0.3 is 0 Å². The highest BCUT2D eigenvalue weighted by Gasteiger charge is 2.28. The van der Waals surface area contributed by atoms with E-state index in [0.717, 1.165) is 55.7 Å². The summed E-state index contributed by atoms with van der Waals surface area (Å²) in [6.45, 7) is 5.29. The highest BCUT2D eigenvalue weighted by Crippen LogP contribution is 2.28. The van der Waals surface area contributed by atoms with Crippen molar-refractivity contribution in [3.05, 3.63) is 35.9 Å². The van der Waals surface area contributed by atoms with Crippen molar-refractivity contribution in [1.29, 1.82) is 0 Å². The molecular weight excluding hydrogens is 403 g/mol. The summed E-state index contributed by atoms with van der Waals surface area (Å²) in [4.78, 5) is 19.2. The van der Waals surface area contributed by atoms with Crippen LogP contribution < -0.4 is 4.90 Å². The maximum absolute atomic E-state index is 13.1. The minimum absolute atomic E-state index is 0.204. The van der Waals surface area contributed by atoms with Crippen molar-refractivity contribution in [2.75, 3.05) is 57.0 Å². The molecule has 0 aliphatic carbocycles. The molecule has 2 aromatic rings. The molecule has 0 unspecified atom stereocenters. The third-order valence-electron chi connectivity index (χ3n) is 6.19. The highest BCUT2D eigenvalue weighted by molar-refractivity contribution is 7.98. The van der Waals surface area contributed by atoms with Crippen LogP contribution in [0.5, 0.6) is 0 Å². The topological polar surface area (TPSA) is 57.5 Å². The molecule has 3 heterocycles. The molecule has 1 aromatic heterocycles. The van der Waals surface area contributed by atoms with Gasteiger partial charge in [0, 0.05) is 44.8 Å². The van der Waals surface area contributed by atoms with Gasteiger partial charge in [0.1, 0.15) is 11.6 Å². The molecule has 0 N–H and O–H groups in total. The molecule has 9 heteroatoms. The van der Waals surface area contributed by atoms with Crippen LogP contribution in [0, 0.1) is 5.82 Å². The Morgan fingerprint density at radius 2 is 1.73 bits per heavy atom. The summed E-state index contributed by atoms with van der Waals surface area (Å²) in [5.74, 6) is 1.45. The lowest BCUT2D eigenvalue weighted by atomic mass is 9.96. The summed E-state index contributed by atoms with van der Waals surface area (Å²) >= 11 is 1.61. The molecule has 0 radical (unpaired) electrons. The molecule has 1 amide bonds. The Labute approximate surface area is 181 Å². The van der Waals surface area contributed by atoms with Gasteiger partial charge in [-0.2, -0.15) is 0 Å². The van der Waals surface area contributed by atoms with Crippen molar-refractivity contribution in [3.63, 3.8) is 0 Å². The number of carbonyl (C=O) groups is 1. The summed E-state index contributed by atoms with van der Waals surface area (Å²) in [6, 6.07) is 6.57. The van der Waals surface area contributed by atoms with E-state index in [1.165, 1.54) is 12.1 Å². The van der Waals surface area contributed by atoms with Crippen LogP contribution in [-0.2, 0) is 11.8 Å². The summed E-state index contributed by atoms with van der Waals surface area (Å²) in [5.41, 5.74) is 1.01. The molecule has 2 fully saturated rings. The quantitative estimate of drug-likeness (QED) is 0.676. The predicted octanol–water partition coefficient (Wildman–Crippen LogP) is 2.20. The number of hydrogen-bond acceptors (Lipinski definition) is 6. The van der Waals surface area contributed by atoms with Gasteiger partial charge in [-0.15, -0.1) is 10.2 Å². The van der Waals surface area contributed by atoms with Crippen LogP contribution in [0.3, 0.4) is 0 Å². The number of anilines is 1. The monoisotopic (exact) mass is 432 g/mol. The van der Waals surface area contributed by atoms with Crippen molar-refractivity contribution in [1.82, 2.24) is 24.6 Å². The third-order valence-corrected chi connectivity index (χ3v) is 6.91. The van der Waals surface area contributed by atoms with Crippen LogP contribution in [0.15, 0.2) is 29.4 Å². The van der Waals surface area contributed by atoms with Crippen molar-refractivity contribution in [2.24, 2.45) is 7.05 Å². The van der Waals surface area contributed by atoms with Crippen LogP contribution in [0.2, 0.25) is 0 Å². The number of piperidine rings is 1. The Balaban J connectivity index is 1.23. The smallest absolute Gasteiger partial charge is 0.236 e. The number of halogens is 1. The highest BCUT2D eigenvalue weighted by atomic mass is 32.2. The van der Waals surface area contributed by atoms with Gasteiger partial charge in [-0.1, -0.05) is 11.8 Å². The number of likely N-dealkylation sites (tertiary alicyclic amines) is 1. The van der Waals surface area contributed by atoms with Gasteiger partial charge in [-0.3, -0.25) is 9.69 Å². The van der Waals surface area contributed by atoms with Crippen LogP contribution in [-0.4, -0.2) is 82.5 Å². The van der Waals surface area contributed by atoms with E-state index in [-0.39, 0.29) is 11.7 Å². The molecule has 2 saturated heterocycles. The summed E-state index contributed by atoms with van der Waals surface area (Å²) in [6.07, 6.45) is 4.03. The van der Waals surface area contributed by atoms with Gasteiger partial charge in [0.25, 0.3) is 0 Å². The number of amides is 1. The minimum atomic E-state index is -0.222. The van der Waals surface area contributed by atoms with Crippen LogP contribution in [0.25, 0.3) is 0 Å². The van der Waals surface area contributed by atoms with E-state index in [1.807, 2.05) is 18.2 Å². The van der Waals surface area contributed by atoms with Crippen LogP contribution >= 0.6 is 11.8 Å². The van der Waals surface area contributed by atoms with Crippen molar-refractivity contribution in [3.8, 4) is 0 Å². The van der Waals surface area contributed by atoms with E-state index in [2.05, 4.69) is 24.6 Å². The minimum Gasteiger partial charge on any atom is -0.368 e. The maximum atomic E-state index is 13.1. The van der Waals surface area contributed by atoms with Gasteiger partial charge in [0.2, 0.25) is 5.91 Å². The SMILES string of the molecule is CSc1nnc(C2CCN(CC(=O)N3CCN(c4ccc(F)cc4)CC3)CC2)n1C. The Morgan fingerprint density at radius 1 is 1.07 bits per heavy atom. The second-order valence-corrected chi connectivity index (χ2v) is 8.77. The molecule has 162 valence electrons. The van der Waals surface area contributed by atoms with E-state index in [4.69, 9.17) is 0 Å². The number of benzene rings is 1. The number of carbonyl (C=O) groups excluding carboxylic acids is 1.